The zero-order chi connectivity index (χ0) is 13.5. The topological polar surface area (TPSA) is 41.6 Å². The number of hydrogen-bond acceptors (Lipinski definition) is 4. The van der Waals surface area contributed by atoms with E-state index < -0.39 is 0 Å². The monoisotopic (exact) mass is 280 g/mol. The predicted molar refractivity (Wildman–Crippen MR) is 81.2 cm³/mol. The number of ether oxygens (including phenoxy) is 1. The van der Waals surface area contributed by atoms with E-state index in [1.54, 1.807) is 4.90 Å². The van der Waals surface area contributed by atoms with E-state index in [1.165, 1.54) is 11.5 Å². The molecule has 0 unspecified atom stereocenters. The third-order valence-corrected chi connectivity index (χ3v) is 3.90. The Hall–Kier alpha value is -1.36. The highest BCUT2D eigenvalue weighted by molar-refractivity contribution is 7.99. The lowest BCUT2D eigenvalue weighted by molar-refractivity contribution is 0.181. The van der Waals surface area contributed by atoms with Crippen molar-refractivity contribution in [2.75, 3.05) is 41.4 Å². The van der Waals surface area contributed by atoms with Gasteiger partial charge in [-0.15, -0.1) is 0 Å². The molecule has 1 fully saturated rings. The van der Waals surface area contributed by atoms with Gasteiger partial charge in [0, 0.05) is 17.9 Å². The fraction of sp³-hybridized carbons (Fsp3) is 0.500. The highest BCUT2D eigenvalue weighted by atomic mass is 32.2. The van der Waals surface area contributed by atoms with Crippen LogP contribution in [0, 0.1) is 0 Å². The number of benzene rings is 1. The van der Waals surface area contributed by atoms with E-state index >= 15 is 0 Å². The Bertz CT molecular complexity index is 426. The summed E-state index contributed by atoms with van der Waals surface area (Å²) in [5.41, 5.74) is 1.95. The Morgan fingerprint density at radius 2 is 2.37 bits per heavy atom. The highest BCUT2D eigenvalue weighted by Gasteiger charge is 2.23. The largest absolute Gasteiger partial charge is 0.447 e. The predicted octanol–water partition coefficient (Wildman–Crippen LogP) is 3.20. The maximum atomic E-state index is 11.5. The van der Waals surface area contributed by atoms with Gasteiger partial charge in [-0.25, -0.2) is 4.79 Å². The van der Waals surface area contributed by atoms with Gasteiger partial charge in [0.25, 0.3) is 0 Å². The second kappa shape index (κ2) is 7.28. The number of carbonyl (C=O) groups is 1. The average molecular weight is 280 g/mol. The van der Waals surface area contributed by atoms with Gasteiger partial charge < -0.3 is 10.1 Å². The van der Waals surface area contributed by atoms with Crippen LogP contribution in [0.4, 0.5) is 16.2 Å². The molecule has 1 N–H and O–H groups in total. The third-order valence-electron chi connectivity index (χ3n) is 2.92. The summed E-state index contributed by atoms with van der Waals surface area (Å²) in [4.78, 5) is 13.2. The third kappa shape index (κ3) is 4.06. The normalized spacial score (nSPS) is 14.6. The molecule has 104 valence electrons. The zero-order valence-electron chi connectivity index (χ0n) is 11.2. The van der Waals surface area contributed by atoms with Gasteiger partial charge in [0.05, 0.1) is 6.54 Å². The van der Waals surface area contributed by atoms with E-state index in [1.807, 2.05) is 36.0 Å². The van der Waals surface area contributed by atoms with Gasteiger partial charge in [-0.1, -0.05) is 13.0 Å². The number of nitrogens with one attached hydrogen (secondary N) is 1. The molecule has 19 heavy (non-hydrogen) atoms. The van der Waals surface area contributed by atoms with Crippen LogP contribution in [0.2, 0.25) is 0 Å². The second-order valence-corrected chi connectivity index (χ2v) is 5.69. The molecule has 1 aliphatic rings. The van der Waals surface area contributed by atoms with Crippen molar-refractivity contribution >= 4 is 29.2 Å². The molecule has 4 nitrogen and oxygen atoms in total. The first kappa shape index (κ1) is 14.1. The van der Waals surface area contributed by atoms with Crippen molar-refractivity contribution in [1.82, 2.24) is 0 Å². The van der Waals surface area contributed by atoms with E-state index in [9.17, 15) is 4.79 Å². The van der Waals surface area contributed by atoms with Gasteiger partial charge in [-0.2, -0.15) is 11.8 Å². The van der Waals surface area contributed by atoms with Crippen LogP contribution in [0.3, 0.4) is 0 Å². The number of amides is 1. The molecule has 0 bridgehead atoms. The summed E-state index contributed by atoms with van der Waals surface area (Å²) in [5.74, 6) is 2.36. The summed E-state index contributed by atoms with van der Waals surface area (Å²) in [6.45, 7) is 4.25. The molecular formula is C14H20N2O2S. The minimum Gasteiger partial charge on any atom is -0.447 e. The molecule has 0 atom stereocenters. The zero-order valence-corrected chi connectivity index (χ0v) is 12.0. The summed E-state index contributed by atoms with van der Waals surface area (Å²) >= 11 is 1.96. The fourth-order valence-electron chi connectivity index (χ4n) is 1.96. The summed E-state index contributed by atoms with van der Waals surface area (Å²) < 4.78 is 4.95. The molecule has 1 aromatic rings. The van der Waals surface area contributed by atoms with Crippen LogP contribution in [0.1, 0.15) is 13.3 Å². The van der Waals surface area contributed by atoms with Gasteiger partial charge in [-0.3, -0.25) is 4.90 Å². The Morgan fingerprint density at radius 1 is 1.47 bits per heavy atom. The van der Waals surface area contributed by atoms with Crippen molar-refractivity contribution in [2.24, 2.45) is 0 Å². The number of hydrogen-bond donors (Lipinski definition) is 1. The summed E-state index contributed by atoms with van der Waals surface area (Å²) in [5, 5.41) is 3.39. The van der Waals surface area contributed by atoms with Crippen LogP contribution >= 0.6 is 11.8 Å². The van der Waals surface area contributed by atoms with Crippen molar-refractivity contribution in [1.29, 1.82) is 0 Å². The molecular weight excluding hydrogens is 260 g/mol. The van der Waals surface area contributed by atoms with Crippen LogP contribution in [-0.2, 0) is 4.74 Å². The Kier molecular flexibility index (Phi) is 5.39. The van der Waals surface area contributed by atoms with Gasteiger partial charge in [0.15, 0.2) is 0 Å². The lowest BCUT2D eigenvalue weighted by Gasteiger charge is -2.14. The SMILES string of the molecule is CCSCCCNc1cccc(N2CCOC2=O)c1. The number of thioether (sulfide) groups is 1. The first-order valence-corrected chi connectivity index (χ1v) is 7.82. The van der Waals surface area contributed by atoms with E-state index in [4.69, 9.17) is 4.74 Å². The van der Waals surface area contributed by atoms with Crippen molar-refractivity contribution < 1.29 is 9.53 Å². The molecule has 1 heterocycles. The first-order valence-electron chi connectivity index (χ1n) is 6.67. The summed E-state index contributed by atoms with van der Waals surface area (Å²) in [6, 6.07) is 7.92. The standard InChI is InChI=1S/C14H20N2O2S/c1-2-19-10-4-7-15-12-5-3-6-13(11-12)16-8-9-18-14(16)17/h3,5-6,11,15H,2,4,7-10H2,1H3. The maximum Gasteiger partial charge on any atom is 0.414 e. The van der Waals surface area contributed by atoms with Crippen LogP contribution in [0.25, 0.3) is 0 Å². The van der Waals surface area contributed by atoms with E-state index in [2.05, 4.69) is 12.2 Å². The van der Waals surface area contributed by atoms with E-state index in [-0.39, 0.29) is 6.09 Å². The Balaban J connectivity index is 1.86. The highest BCUT2D eigenvalue weighted by Crippen LogP contribution is 2.22. The lowest BCUT2D eigenvalue weighted by Crippen LogP contribution is -2.23. The second-order valence-electron chi connectivity index (χ2n) is 4.29. The number of anilines is 2. The summed E-state index contributed by atoms with van der Waals surface area (Å²) in [6.07, 6.45) is 0.894. The van der Waals surface area contributed by atoms with Crippen molar-refractivity contribution in [3.05, 3.63) is 24.3 Å². The molecule has 1 amide bonds. The molecule has 0 aliphatic carbocycles. The van der Waals surface area contributed by atoms with Crippen LogP contribution in [-0.4, -0.2) is 37.3 Å². The van der Waals surface area contributed by atoms with Crippen LogP contribution < -0.4 is 10.2 Å². The van der Waals surface area contributed by atoms with Crippen LogP contribution in [0.15, 0.2) is 24.3 Å². The Labute approximate surface area is 118 Å². The molecule has 0 saturated carbocycles. The molecule has 1 aromatic carbocycles. The van der Waals surface area contributed by atoms with Crippen molar-refractivity contribution in [2.45, 2.75) is 13.3 Å². The molecule has 1 aliphatic heterocycles. The van der Waals surface area contributed by atoms with Crippen molar-refractivity contribution in [3.63, 3.8) is 0 Å². The quantitative estimate of drug-likeness (QED) is 0.779. The van der Waals surface area contributed by atoms with Gasteiger partial charge in [0.1, 0.15) is 6.61 Å². The minimum absolute atomic E-state index is 0.253. The first-order chi connectivity index (χ1) is 9.31. The number of rotatable bonds is 7. The van der Waals surface area contributed by atoms with Crippen LogP contribution in [0.5, 0.6) is 0 Å². The molecule has 0 spiro atoms. The summed E-state index contributed by atoms with van der Waals surface area (Å²) in [7, 11) is 0. The molecule has 1 saturated heterocycles. The minimum atomic E-state index is -0.253. The average Bonchev–Trinajstić information content (AvgIpc) is 2.85. The fourth-order valence-corrected chi connectivity index (χ4v) is 2.60. The molecule has 5 heteroatoms. The molecule has 0 radical (unpaired) electrons. The molecule has 0 aromatic heterocycles. The lowest BCUT2D eigenvalue weighted by atomic mass is 10.2. The number of carbonyl (C=O) groups excluding carboxylic acids is 1. The molecule has 2 rings (SSSR count). The Morgan fingerprint density at radius 3 is 3.11 bits per heavy atom. The maximum absolute atomic E-state index is 11.5. The number of nitrogens with zero attached hydrogens (tertiary/aromatic N) is 1. The van der Waals surface area contributed by atoms with E-state index in [0.717, 1.165) is 24.3 Å². The smallest absolute Gasteiger partial charge is 0.414 e. The van der Waals surface area contributed by atoms with Crippen molar-refractivity contribution in [3.8, 4) is 0 Å². The van der Waals surface area contributed by atoms with Gasteiger partial charge >= 0.3 is 6.09 Å². The van der Waals surface area contributed by atoms with Gasteiger partial charge in [-0.05, 0) is 36.1 Å². The number of cyclic esters (lactones) is 1. The van der Waals surface area contributed by atoms with Gasteiger partial charge in [0.2, 0.25) is 0 Å². The van der Waals surface area contributed by atoms with E-state index in [0.29, 0.717) is 13.2 Å².